The third-order valence-electron chi connectivity index (χ3n) is 1.72. The lowest BCUT2D eigenvalue weighted by atomic mass is 10.4. The lowest BCUT2D eigenvalue weighted by Gasteiger charge is -2.08. The molecular weight excluding hydrogens is 326 g/mol. The summed E-state index contributed by atoms with van der Waals surface area (Å²) in [6.45, 7) is -0.367. The summed E-state index contributed by atoms with van der Waals surface area (Å²) in [5, 5.41) is 8.70. The van der Waals surface area contributed by atoms with E-state index in [1.54, 1.807) is 0 Å². The number of halogens is 4. The number of hydrogen-bond donors (Lipinski definition) is 1. The Morgan fingerprint density at radius 2 is 2.13 bits per heavy atom. The molecule has 0 saturated carbocycles. The zero-order valence-electron chi connectivity index (χ0n) is 7.38. The van der Waals surface area contributed by atoms with Crippen LogP contribution in [0.1, 0.15) is 16.9 Å². The van der Waals surface area contributed by atoms with Gasteiger partial charge in [0.25, 0.3) is 0 Å². The van der Waals surface area contributed by atoms with E-state index in [0.29, 0.717) is 3.57 Å². The van der Waals surface area contributed by atoms with Crippen molar-refractivity contribution < 1.29 is 23.1 Å². The molecule has 0 aliphatic heterocycles. The van der Waals surface area contributed by atoms with Crippen molar-refractivity contribution in [1.29, 1.82) is 0 Å². The summed E-state index contributed by atoms with van der Waals surface area (Å²) in [4.78, 5) is 10.7. The molecule has 0 aromatic carbocycles. The second-order valence-corrected chi connectivity index (χ2v) is 4.15. The number of hydrogen-bond acceptors (Lipinski definition) is 1. The minimum atomic E-state index is -4.27. The largest absolute Gasteiger partial charge is 0.477 e. The first kappa shape index (κ1) is 12.3. The number of carboxylic acids is 1. The van der Waals surface area contributed by atoms with Crippen LogP contribution in [0.5, 0.6) is 0 Å². The fourth-order valence-corrected chi connectivity index (χ4v) is 1.72. The molecule has 1 heterocycles. The summed E-state index contributed by atoms with van der Waals surface area (Å²) in [5.74, 6) is -1.22. The molecular formula is C8H7F3INO2. The van der Waals surface area contributed by atoms with Crippen molar-refractivity contribution in [3.05, 3.63) is 21.5 Å². The van der Waals surface area contributed by atoms with E-state index in [4.69, 9.17) is 5.11 Å². The van der Waals surface area contributed by atoms with Crippen molar-refractivity contribution >= 4 is 28.6 Å². The van der Waals surface area contributed by atoms with Gasteiger partial charge < -0.3 is 9.67 Å². The molecule has 0 radical (unpaired) electrons. The molecule has 7 heteroatoms. The van der Waals surface area contributed by atoms with Gasteiger partial charge in [-0.05, 0) is 28.7 Å². The van der Waals surface area contributed by atoms with Gasteiger partial charge in [0.2, 0.25) is 0 Å². The first-order valence-electron chi connectivity index (χ1n) is 3.95. The maximum atomic E-state index is 11.9. The van der Waals surface area contributed by atoms with Crippen LogP contribution < -0.4 is 0 Å². The minimum Gasteiger partial charge on any atom is -0.477 e. The van der Waals surface area contributed by atoms with Crippen LogP contribution in [-0.4, -0.2) is 21.8 Å². The highest BCUT2D eigenvalue weighted by atomic mass is 127. The van der Waals surface area contributed by atoms with Gasteiger partial charge in [-0.2, -0.15) is 13.2 Å². The molecule has 1 rings (SSSR count). The van der Waals surface area contributed by atoms with Crippen LogP contribution in [0.3, 0.4) is 0 Å². The minimum absolute atomic E-state index is 0.122. The van der Waals surface area contributed by atoms with Gasteiger partial charge >= 0.3 is 12.1 Å². The van der Waals surface area contributed by atoms with Gasteiger partial charge in [0.1, 0.15) is 5.69 Å². The van der Waals surface area contributed by atoms with Crippen molar-refractivity contribution in [3.63, 3.8) is 0 Å². The Labute approximate surface area is 97.0 Å². The lowest BCUT2D eigenvalue weighted by Crippen LogP contribution is -2.15. The molecule has 1 N–H and O–H groups in total. The number of aromatic nitrogens is 1. The van der Waals surface area contributed by atoms with E-state index in [1.165, 1.54) is 12.3 Å². The zero-order chi connectivity index (χ0) is 11.6. The Bertz CT molecular complexity index is 372. The van der Waals surface area contributed by atoms with Crippen LogP contribution in [0.25, 0.3) is 0 Å². The van der Waals surface area contributed by atoms with E-state index in [9.17, 15) is 18.0 Å². The molecule has 0 unspecified atom stereocenters. The molecule has 0 bridgehead atoms. The average Bonchev–Trinajstić information content (AvgIpc) is 2.42. The first-order chi connectivity index (χ1) is 6.79. The van der Waals surface area contributed by atoms with E-state index >= 15 is 0 Å². The van der Waals surface area contributed by atoms with E-state index in [-0.39, 0.29) is 12.2 Å². The van der Waals surface area contributed by atoms with E-state index in [1.807, 2.05) is 22.6 Å². The summed E-state index contributed by atoms with van der Waals surface area (Å²) in [6.07, 6.45) is -3.92. The molecule has 15 heavy (non-hydrogen) atoms. The molecule has 0 amide bonds. The molecule has 1 aromatic rings. The lowest BCUT2D eigenvalue weighted by molar-refractivity contribution is -0.136. The van der Waals surface area contributed by atoms with E-state index < -0.39 is 18.6 Å². The van der Waals surface area contributed by atoms with Crippen molar-refractivity contribution in [3.8, 4) is 0 Å². The Morgan fingerprint density at radius 3 is 2.60 bits per heavy atom. The van der Waals surface area contributed by atoms with Crippen LogP contribution >= 0.6 is 22.6 Å². The van der Waals surface area contributed by atoms with Gasteiger partial charge in [-0.3, -0.25) is 0 Å². The average molecular weight is 333 g/mol. The zero-order valence-corrected chi connectivity index (χ0v) is 9.54. The molecule has 3 nitrogen and oxygen atoms in total. The first-order valence-corrected chi connectivity index (χ1v) is 5.03. The summed E-state index contributed by atoms with van der Waals surface area (Å²) >= 11 is 1.85. The summed E-state index contributed by atoms with van der Waals surface area (Å²) in [7, 11) is 0. The number of carboxylic acid groups (broad SMARTS) is 1. The Balaban J connectivity index is 2.80. The maximum absolute atomic E-state index is 11.9. The molecule has 0 spiro atoms. The SMILES string of the molecule is O=C(O)c1cc(I)cn1CCC(F)(F)F. The molecule has 0 atom stereocenters. The van der Waals surface area contributed by atoms with E-state index in [0.717, 1.165) is 4.57 Å². The van der Waals surface area contributed by atoms with Gasteiger partial charge in [0.15, 0.2) is 0 Å². The Morgan fingerprint density at radius 1 is 1.53 bits per heavy atom. The number of aryl methyl sites for hydroxylation is 1. The normalized spacial score (nSPS) is 11.7. The Kier molecular flexibility index (Phi) is 3.63. The van der Waals surface area contributed by atoms with Crippen LogP contribution in [0, 0.1) is 3.57 Å². The maximum Gasteiger partial charge on any atom is 0.390 e. The fourth-order valence-electron chi connectivity index (χ4n) is 1.09. The molecule has 1 aromatic heterocycles. The predicted molar refractivity (Wildman–Crippen MR) is 54.8 cm³/mol. The highest BCUT2D eigenvalue weighted by molar-refractivity contribution is 14.1. The van der Waals surface area contributed by atoms with Crippen LogP contribution in [-0.2, 0) is 6.54 Å². The monoisotopic (exact) mass is 333 g/mol. The van der Waals surface area contributed by atoms with Crippen LogP contribution in [0.4, 0.5) is 13.2 Å². The quantitative estimate of drug-likeness (QED) is 0.865. The van der Waals surface area contributed by atoms with Gasteiger partial charge in [0.05, 0.1) is 6.42 Å². The standard InChI is InChI=1S/C8H7F3INO2/c9-8(10,11)1-2-13-4-5(12)3-6(13)7(14)15/h3-4H,1-2H2,(H,14,15). The molecule has 0 aliphatic carbocycles. The smallest absolute Gasteiger partial charge is 0.390 e. The fraction of sp³-hybridized carbons (Fsp3) is 0.375. The number of alkyl halides is 3. The third-order valence-corrected chi connectivity index (χ3v) is 2.31. The van der Waals surface area contributed by atoms with Gasteiger partial charge in [-0.15, -0.1) is 0 Å². The highest BCUT2D eigenvalue weighted by Crippen LogP contribution is 2.21. The predicted octanol–water partition coefficient (Wildman–Crippen LogP) is 2.74. The summed E-state index contributed by atoms with van der Waals surface area (Å²) in [5.41, 5.74) is -0.122. The van der Waals surface area contributed by atoms with Crippen molar-refractivity contribution in [2.24, 2.45) is 0 Å². The van der Waals surface area contributed by atoms with E-state index in [2.05, 4.69) is 0 Å². The molecule has 0 saturated heterocycles. The Hall–Kier alpha value is -0.730. The third kappa shape index (κ3) is 3.73. The van der Waals surface area contributed by atoms with Crippen molar-refractivity contribution in [1.82, 2.24) is 4.57 Å². The van der Waals surface area contributed by atoms with Crippen LogP contribution in [0.2, 0.25) is 0 Å². The van der Waals surface area contributed by atoms with Gasteiger partial charge in [-0.1, -0.05) is 0 Å². The number of rotatable bonds is 3. The topological polar surface area (TPSA) is 42.2 Å². The highest BCUT2D eigenvalue weighted by Gasteiger charge is 2.27. The van der Waals surface area contributed by atoms with Crippen molar-refractivity contribution in [2.75, 3.05) is 0 Å². The summed E-state index contributed by atoms with van der Waals surface area (Å²) < 4.78 is 37.5. The van der Waals surface area contributed by atoms with Crippen molar-refractivity contribution in [2.45, 2.75) is 19.1 Å². The van der Waals surface area contributed by atoms with Gasteiger partial charge in [-0.25, -0.2) is 4.79 Å². The summed E-state index contributed by atoms with van der Waals surface area (Å²) in [6, 6.07) is 1.33. The second-order valence-electron chi connectivity index (χ2n) is 2.91. The molecule has 84 valence electrons. The van der Waals surface area contributed by atoms with Gasteiger partial charge in [0, 0.05) is 16.3 Å². The number of carbonyl (C=O) groups is 1. The number of aromatic carboxylic acids is 1. The second kappa shape index (κ2) is 4.42. The van der Waals surface area contributed by atoms with Crippen LogP contribution in [0.15, 0.2) is 12.3 Å². The number of nitrogens with zero attached hydrogens (tertiary/aromatic N) is 1. The molecule has 0 fully saturated rings. The molecule has 0 aliphatic rings.